The van der Waals surface area contributed by atoms with Gasteiger partial charge in [0.05, 0.1) is 13.2 Å². The van der Waals surface area contributed by atoms with Gasteiger partial charge in [-0.2, -0.15) is 11.8 Å². The van der Waals surface area contributed by atoms with Gasteiger partial charge in [0.25, 0.3) is 0 Å². The molecular weight excluding hydrogens is 174 g/mol. The summed E-state index contributed by atoms with van der Waals surface area (Å²) in [7, 11) is 1.72. The molecule has 72 valence electrons. The van der Waals surface area contributed by atoms with Crippen molar-refractivity contribution in [3.8, 4) is 0 Å². The van der Waals surface area contributed by atoms with Crippen molar-refractivity contribution in [1.29, 1.82) is 0 Å². The van der Waals surface area contributed by atoms with Crippen LogP contribution in [0.1, 0.15) is 6.42 Å². The topological polar surface area (TPSA) is 44.5 Å². The Bertz CT molecular complexity index is 124. The van der Waals surface area contributed by atoms with Crippen molar-refractivity contribution in [2.75, 3.05) is 32.7 Å². The van der Waals surface area contributed by atoms with Crippen LogP contribution in [0.5, 0.6) is 0 Å². The van der Waals surface area contributed by atoms with Gasteiger partial charge in [-0.25, -0.2) is 0 Å². The molecule has 0 radical (unpaired) electrons. The molecular formula is C8H17NO2S. The van der Waals surface area contributed by atoms with Gasteiger partial charge in [0, 0.05) is 30.8 Å². The molecule has 0 aliphatic carbocycles. The lowest BCUT2D eigenvalue weighted by Crippen LogP contribution is -2.41. The molecule has 1 heterocycles. The second-order valence-electron chi connectivity index (χ2n) is 2.93. The van der Waals surface area contributed by atoms with E-state index in [-0.39, 0.29) is 0 Å². The average molecular weight is 191 g/mol. The zero-order valence-corrected chi connectivity index (χ0v) is 8.31. The van der Waals surface area contributed by atoms with Crippen LogP contribution < -0.4 is 5.73 Å². The Balaban J connectivity index is 2.11. The average Bonchev–Trinajstić information content (AvgIpc) is 2.09. The van der Waals surface area contributed by atoms with E-state index in [1.807, 2.05) is 11.8 Å². The Labute approximate surface area is 78.0 Å². The lowest BCUT2D eigenvalue weighted by molar-refractivity contribution is 0.0914. The third-order valence-corrected chi connectivity index (χ3v) is 3.29. The molecule has 2 atom stereocenters. The molecule has 1 saturated heterocycles. The van der Waals surface area contributed by atoms with E-state index < -0.39 is 0 Å². The molecule has 0 aromatic heterocycles. The van der Waals surface area contributed by atoms with Crippen LogP contribution in [0.15, 0.2) is 0 Å². The van der Waals surface area contributed by atoms with Crippen molar-refractivity contribution >= 4 is 11.8 Å². The fourth-order valence-electron chi connectivity index (χ4n) is 1.18. The summed E-state index contributed by atoms with van der Waals surface area (Å²) in [5.41, 5.74) is 5.92. The normalized spacial score (nSPS) is 30.5. The van der Waals surface area contributed by atoms with Crippen LogP contribution in [0.25, 0.3) is 0 Å². The number of methoxy groups -OCH3 is 1. The zero-order chi connectivity index (χ0) is 8.81. The summed E-state index contributed by atoms with van der Waals surface area (Å²) < 4.78 is 10.3. The molecule has 3 nitrogen and oxygen atoms in total. The van der Waals surface area contributed by atoms with Gasteiger partial charge in [0.2, 0.25) is 0 Å². The SMILES string of the molecule is COCCSC1COCCC1N. The highest BCUT2D eigenvalue weighted by Gasteiger charge is 2.22. The summed E-state index contributed by atoms with van der Waals surface area (Å²) in [5.74, 6) is 1.01. The number of thioether (sulfide) groups is 1. The molecule has 1 aliphatic heterocycles. The molecule has 1 aliphatic rings. The predicted molar refractivity (Wildman–Crippen MR) is 51.5 cm³/mol. The summed E-state index contributed by atoms with van der Waals surface area (Å²) in [6.45, 7) is 2.42. The number of hydrogen-bond donors (Lipinski definition) is 1. The van der Waals surface area contributed by atoms with Crippen LogP contribution in [-0.2, 0) is 9.47 Å². The molecule has 2 N–H and O–H groups in total. The summed E-state index contributed by atoms with van der Waals surface area (Å²) in [5, 5.41) is 0.467. The molecule has 0 bridgehead atoms. The highest BCUT2D eigenvalue weighted by atomic mass is 32.2. The second-order valence-corrected chi connectivity index (χ2v) is 4.28. The molecule has 1 rings (SSSR count). The maximum absolute atomic E-state index is 5.92. The van der Waals surface area contributed by atoms with E-state index >= 15 is 0 Å². The highest BCUT2D eigenvalue weighted by molar-refractivity contribution is 8.00. The van der Waals surface area contributed by atoms with Crippen molar-refractivity contribution in [2.24, 2.45) is 5.73 Å². The quantitative estimate of drug-likeness (QED) is 0.657. The Morgan fingerprint density at radius 2 is 2.50 bits per heavy atom. The van der Waals surface area contributed by atoms with E-state index in [1.165, 1.54) is 0 Å². The molecule has 0 aromatic rings. The van der Waals surface area contributed by atoms with Crippen LogP contribution >= 0.6 is 11.8 Å². The first kappa shape index (κ1) is 10.3. The largest absolute Gasteiger partial charge is 0.384 e. The summed E-state index contributed by atoms with van der Waals surface area (Å²) >= 11 is 1.86. The van der Waals surface area contributed by atoms with Crippen LogP contribution in [-0.4, -0.2) is 44.0 Å². The Morgan fingerprint density at radius 1 is 1.67 bits per heavy atom. The van der Waals surface area contributed by atoms with Crippen molar-refractivity contribution in [3.63, 3.8) is 0 Å². The van der Waals surface area contributed by atoms with Gasteiger partial charge in [-0.05, 0) is 6.42 Å². The minimum Gasteiger partial charge on any atom is -0.384 e. The molecule has 12 heavy (non-hydrogen) atoms. The van der Waals surface area contributed by atoms with E-state index in [2.05, 4.69) is 0 Å². The number of nitrogens with two attached hydrogens (primary N) is 1. The highest BCUT2D eigenvalue weighted by Crippen LogP contribution is 2.19. The first-order valence-electron chi connectivity index (χ1n) is 4.28. The first-order valence-corrected chi connectivity index (χ1v) is 5.33. The van der Waals surface area contributed by atoms with Crippen molar-refractivity contribution in [2.45, 2.75) is 17.7 Å². The van der Waals surface area contributed by atoms with Gasteiger partial charge in [0.15, 0.2) is 0 Å². The van der Waals surface area contributed by atoms with Crippen molar-refractivity contribution in [1.82, 2.24) is 0 Å². The molecule has 0 spiro atoms. The lowest BCUT2D eigenvalue weighted by atomic mass is 10.1. The zero-order valence-electron chi connectivity index (χ0n) is 7.49. The van der Waals surface area contributed by atoms with Crippen LogP contribution in [0, 0.1) is 0 Å². The minimum atomic E-state index is 0.306. The monoisotopic (exact) mass is 191 g/mol. The fourth-order valence-corrected chi connectivity index (χ4v) is 2.32. The second kappa shape index (κ2) is 5.80. The fraction of sp³-hybridized carbons (Fsp3) is 1.00. The first-order chi connectivity index (χ1) is 5.84. The number of rotatable bonds is 4. The molecule has 0 aromatic carbocycles. The van der Waals surface area contributed by atoms with Gasteiger partial charge in [-0.3, -0.25) is 0 Å². The van der Waals surface area contributed by atoms with E-state index in [9.17, 15) is 0 Å². The van der Waals surface area contributed by atoms with Gasteiger partial charge in [0.1, 0.15) is 0 Å². The standard InChI is InChI=1S/C8H17NO2S/c1-10-4-5-12-8-6-11-3-2-7(8)9/h7-8H,2-6,9H2,1H3. The summed E-state index contributed by atoms with van der Waals surface area (Å²) in [6, 6.07) is 0.306. The van der Waals surface area contributed by atoms with Crippen LogP contribution in [0.3, 0.4) is 0 Å². The van der Waals surface area contributed by atoms with Crippen LogP contribution in [0.4, 0.5) is 0 Å². The maximum atomic E-state index is 5.92. The Kier molecular flexibility index (Phi) is 4.99. The number of ether oxygens (including phenoxy) is 2. The van der Waals surface area contributed by atoms with E-state index in [0.29, 0.717) is 11.3 Å². The van der Waals surface area contributed by atoms with E-state index in [0.717, 1.165) is 32.0 Å². The van der Waals surface area contributed by atoms with Gasteiger partial charge < -0.3 is 15.2 Å². The summed E-state index contributed by atoms with van der Waals surface area (Å²) in [6.07, 6.45) is 0.991. The number of hydrogen-bond acceptors (Lipinski definition) is 4. The summed E-state index contributed by atoms with van der Waals surface area (Å²) in [4.78, 5) is 0. The molecule has 0 amide bonds. The van der Waals surface area contributed by atoms with E-state index in [4.69, 9.17) is 15.2 Å². The molecule has 2 unspecified atom stereocenters. The molecule has 1 fully saturated rings. The minimum absolute atomic E-state index is 0.306. The van der Waals surface area contributed by atoms with Crippen molar-refractivity contribution in [3.05, 3.63) is 0 Å². The lowest BCUT2D eigenvalue weighted by Gasteiger charge is -2.27. The third-order valence-electron chi connectivity index (χ3n) is 1.97. The van der Waals surface area contributed by atoms with Gasteiger partial charge in [-0.15, -0.1) is 0 Å². The maximum Gasteiger partial charge on any atom is 0.0600 e. The van der Waals surface area contributed by atoms with E-state index in [1.54, 1.807) is 7.11 Å². The predicted octanol–water partition coefficient (Wildman–Crippen LogP) is 0.482. The Morgan fingerprint density at radius 3 is 3.17 bits per heavy atom. The van der Waals surface area contributed by atoms with Crippen LogP contribution in [0.2, 0.25) is 0 Å². The van der Waals surface area contributed by atoms with Gasteiger partial charge >= 0.3 is 0 Å². The molecule has 0 saturated carbocycles. The van der Waals surface area contributed by atoms with Crippen molar-refractivity contribution < 1.29 is 9.47 Å². The smallest absolute Gasteiger partial charge is 0.0600 e. The third kappa shape index (κ3) is 3.31. The van der Waals surface area contributed by atoms with Gasteiger partial charge in [-0.1, -0.05) is 0 Å². The molecule has 4 heteroatoms. The Hall–Kier alpha value is 0.230.